The van der Waals surface area contributed by atoms with Gasteiger partial charge in [-0.1, -0.05) is 36.2 Å². The van der Waals surface area contributed by atoms with Gasteiger partial charge in [-0.3, -0.25) is 24.3 Å². The van der Waals surface area contributed by atoms with Crippen LogP contribution in [0.4, 0.5) is 11.4 Å². The summed E-state index contributed by atoms with van der Waals surface area (Å²) in [5, 5.41) is 0.289. The number of carbonyl (C=O) groups excluding carboxylic acids is 2. The quantitative estimate of drug-likeness (QED) is 0.705. The van der Waals surface area contributed by atoms with E-state index in [0.29, 0.717) is 17.4 Å². The van der Waals surface area contributed by atoms with E-state index in [1.165, 1.54) is 18.2 Å². The zero-order chi connectivity index (χ0) is 20.9. The summed E-state index contributed by atoms with van der Waals surface area (Å²) < 4.78 is 0. The molecule has 0 bridgehead atoms. The molecule has 156 valence electrons. The minimum absolute atomic E-state index is 0.0353. The Labute approximate surface area is 186 Å². The number of halogens is 1. The lowest BCUT2D eigenvalue weighted by atomic mass is 10.0. The van der Waals surface area contributed by atoms with Gasteiger partial charge in [-0.05, 0) is 63.2 Å². The summed E-state index contributed by atoms with van der Waals surface area (Å²) in [6, 6.07) is 15.1. The van der Waals surface area contributed by atoms with Crippen molar-refractivity contribution in [3.63, 3.8) is 0 Å². The number of nitrogens with zero attached hydrogens (tertiary/aromatic N) is 3. The van der Waals surface area contributed by atoms with Crippen LogP contribution in [-0.4, -0.2) is 41.7 Å². The third-order valence-electron chi connectivity index (χ3n) is 6.20. The zero-order valence-electron chi connectivity index (χ0n) is 16.9. The summed E-state index contributed by atoms with van der Waals surface area (Å²) in [5.74, 6) is -0.0859. The summed E-state index contributed by atoms with van der Waals surface area (Å²) in [7, 11) is 0. The molecule has 0 aliphatic carbocycles. The molecular weight excluding hydrogens is 418 g/mol. The average molecular weight is 442 g/mol. The smallest absolute Gasteiger partial charge is 0.269 e. The second-order valence-corrected chi connectivity index (χ2v) is 10.1. The number of hydrogen-bond acceptors (Lipinski definition) is 4. The summed E-state index contributed by atoms with van der Waals surface area (Å²) >= 11 is 7.53. The van der Waals surface area contributed by atoms with Crippen LogP contribution in [0.3, 0.4) is 0 Å². The Balaban J connectivity index is 1.61. The van der Waals surface area contributed by atoms with Crippen LogP contribution in [0, 0.1) is 0 Å². The SMILES string of the molecule is C[C@H]1S[C@@]2(C(=O)N(CN3CCCCC3)c3ccccc32)N(c2ccc(Cl)cc2)C1=O. The van der Waals surface area contributed by atoms with Gasteiger partial charge in [-0.2, -0.15) is 0 Å². The lowest BCUT2D eigenvalue weighted by molar-refractivity contribution is -0.124. The fraction of sp³-hybridized carbons (Fsp3) is 0.391. The van der Waals surface area contributed by atoms with Crippen molar-refractivity contribution in [2.24, 2.45) is 0 Å². The predicted molar refractivity (Wildman–Crippen MR) is 122 cm³/mol. The van der Waals surface area contributed by atoms with E-state index in [-0.39, 0.29) is 17.1 Å². The maximum atomic E-state index is 14.1. The van der Waals surface area contributed by atoms with Crippen LogP contribution >= 0.6 is 23.4 Å². The first-order valence-corrected chi connectivity index (χ1v) is 11.7. The third kappa shape index (κ3) is 2.96. The normalized spacial score (nSPS) is 26.7. The van der Waals surface area contributed by atoms with E-state index >= 15 is 0 Å². The lowest BCUT2D eigenvalue weighted by Crippen LogP contribution is -2.52. The van der Waals surface area contributed by atoms with E-state index in [4.69, 9.17) is 11.6 Å². The number of anilines is 2. The molecule has 7 heteroatoms. The van der Waals surface area contributed by atoms with Gasteiger partial charge in [-0.15, -0.1) is 11.8 Å². The number of hydrogen-bond donors (Lipinski definition) is 0. The molecule has 2 aromatic carbocycles. The van der Waals surface area contributed by atoms with Crippen LogP contribution in [0.25, 0.3) is 0 Å². The summed E-state index contributed by atoms with van der Waals surface area (Å²) in [5.41, 5.74) is 2.50. The van der Waals surface area contributed by atoms with Gasteiger partial charge in [0, 0.05) is 16.3 Å². The zero-order valence-corrected chi connectivity index (χ0v) is 18.5. The van der Waals surface area contributed by atoms with Gasteiger partial charge < -0.3 is 0 Å². The third-order valence-corrected chi connectivity index (χ3v) is 7.93. The minimum Gasteiger partial charge on any atom is -0.295 e. The Morgan fingerprint density at radius 2 is 1.73 bits per heavy atom. The van der Waals surface area contributed by atoms with Crippen molar-refractivity contribution >= 4 is 46.6 Å². The summed E-state index contributed by atoms with van der Waals surface area (Å²) in [4.78, 5) is 32.2. The van der Waals surface area contributed by atoms with Crippen molar-refractivity contribution < 1.29 is 9.59 Å². The maximum absolute atomic E-state index is 14.1. The van der Waals surface area contributed by atoms with Gasteiger partial charge >= 0.3 is 0 Å². The van der Waals surface area contributed by atoms with Crippen LogP contribution in [0.5, 0.6) is 0 Å². The highest BCUT2D eigenvalue weighted by Gasteiger charge is 2.63. The van der Waals surface area contributed by atoms with Crippen LogP contribution in [0.15, 0.2) is 48.5 Å². The number of amides is 2. The van der Waals surface area contributed by atoms with Gasteiger partial charge in [0.25, 0.3) is 5.91 Å². The summed E-state index contributed by atoms with van der Waals surface area (Å²) in [6.07, 6.45) is 3.57. The largest absolute Gasteiger partial charge is 0.295 e. The standard InChI is InChI=1S/C23H24ClN3O2S/c1-16-21(28)27(18-11-9-17(24)10-12-18)23(30-16)19-7-3-4-8-20(19)26(22(23)29)15-25-13-5-2-6-14-25/h3-4,7-12,16H,2,5-6,13-15H2,1H3/t16-,23+/m1/s1. The summed E-state index contributed by atoms with van der Waals surface area (Å²) in [6.45, 7) is 4.45. The molecule has 2 saturated heterocycles. The molecule has 0 aromatic heterocycles. The monoisotopic (exact) mass is 441 g/mol. The van der Waals surface area contributed by atoms with Crippen LogP contribution in [0.2, 0.25) is 5.02 Å². The van der Waals surface area contributed by atoms with E-state index < -0.39 is 4.87 Å². The number of carbonyl (C=O) groups is 2. The van der Waals surface area contributed by atoms with Crippen molar-refractivity contribution in [2.75, 3.05) is 29.6 Å². The van der Waals surface area contributed by atoms with Gasteiger partial charge in [-0.25, -0.2) is 0 Å². The van der Waals surface area contributed by atoms with Crippen molar-refractivity contribution in [1.29, 1.82) is 0 Å². The molecule has 2 fully saturated rings. The fourth-order valence-corrected chi connectivity index (χ4v) is 6.42. The van der Waals surface area contributed by atoms with E-state index in [0.717, 1.165) is 37.2 Å². The number of rotatable bonds is 3. The van der Waals surface area contributed by atoms with Crippen molar-refractivity contribution in [2.45, 2.75) is 36.3 Å². The Hall–Kier alpha value is -2.02. The van der Waals surface area contributed by atoms with Crippen molar-refractivity contribution in [3.8, 4) is 0 Å². The molecule has 0 saturated carbocycles. The predicted octanol–water partition coefficient (Wildman–Crippen LogP) is 4.45. The first kappa shape index (κ1) is 19.9. The van der Waals surface area contributed by atoms with Gasteiger partial charge in [0.1, 0.15) is 0 Å². The number of fused-ring (bicyclic) bond motifs is 2. The Bertz CT molecular complexity index is 992. The average Bonchev–Trinajstić information content (AvgIpc) is 3.16. The molecule has 30 heavy (non-hydrogen) atoms. The van der Waals surface area contributed by atoms with E-state index in [1.54, 1.807) is 17.0 Å². The van der Waals surface area contributed by atoms with Gasteiger partial charge in [0.15, 0.2) is 0 Å². The number of thioether (sulfide) groups is 1. The number of likely N-dealkylation sites (tertiary alicyclic amines) is 1. The molecule has 0 radical (unpaired) electrons. The second kappa shape index (κ2) is 7.59. The molecule has 3 aliphatic rings. The lowest BCUT2D eigenvalue weighted by Gasteiger charge is -2.35. The van der Waals surface area contributed by atoms with E-state index in [2.05, 4.69) is 4.90 Å². The Morgan fingerprint density at radius 3 is 2.47 bits per heavy atom. The van der Waals surface area contributed by atoms with E-state index in [1.807, 2.05) is 48.2 Å². The topological polar surface area (TPSA) is 43.9 Å². The van der Waals surface area contributed by atoms with Gasteiger partial charge in [0.05, 0.1) is 17.6 Å². The Kier molecular flexibility index (Phi) is 5.04. The highest BCUT2D eigenvalue weighted by Crippen LogP contribution is 2.57. The first-order valence-electron chi connectivity index (χ1n) is 10.4. The molecule has 3 aliphatic heterocycles. The number of piperidine rings is 1. The molecule has 2 aromatic rings. The fourth-order valence-electron chi connectivity index (χ4n) is 4.77. The molecular formula is C23H24ClN3O2S. The highest BCUT2D eigenvalue weighted by atomic mass is 35.5. The molecule has 2 amide bonds. The molecule has 1 spiro atoms. The van der Waals surface area contributed by atoms with Crippen molar-refractivity contribution in [1.82, 2.24) is 4.90 Å². The molecule has 2 atom stereocenters. The number of para-hydroxylation sites is 1. The molecule has 3 heterocycles. The van der Waals surface area contributed by atoms with Crippen LogP contribution in [-0.2, 0) is 14.5 Å². The van der Waals surface area contributed by atoms with Crippen molar-refractivity contribution in [3.05, 3.63) is 59.1 Å². The second-order valence-electron chi connectivity index (χ2n) is 8.12. The highest BCUT2D eigenvalue weighted by molar-refractivity contribution is 8.03. The van der Waals surface area contributed by atoms with Crippen LogP contribution in [0.1, 0.15) is 31.7 Å². The Morgan fingerprint density at radius 1 is 1.03 bits per heavy atom. The maximum Gasteiger partial charge on any atom is 0.269 e. The van der Waals surface area contributed by atoms with Gasteiger partial charge in [0.2, 0.25) is 10.8 Å². The molecule has 5 rings (SSSR count). The molecule has 5 nitrogen and oxygen atoms in total. The van der Waals surface area contributed by atoms with E-state index in [9.17, 15) is 9.59 Å². The molecule has 0 N–H and O–H groups in total. The molecule has 0 unspecified atom stereocenters. The number of benzene rings is 2. The van der Waals surface area contributed by atoms with Crippen LogP contribution < -0.4 is 9.80 Å². The first-order chi connectivity index (χ1) is 14.5. The minimum atomic E-state index is -1.07.